The van der Waals surface area contributed by atoms with E-state index in [1.807, 2.05) is 67.1 Å². The highest BCUT2D eigenvalue weighted by molar-refractivity contribution is 7.99. The van der Waals surface area contributed by atoms with Crippen molar-refractivity contribution in [1.29, 1.82) is 0 Å². The van der Waals surface area contributed by atoms with E-state index in [9.17, 15) is 4.79 Å². The van der Waals surface area contributed by atoms with Gasteiger partial charge in [0.25, 0.3) is 5.91 Å². The SMILES string of the molecule is CCCSc1nc2n(n1)C(c1ccc(OCCC(C)C)cc1)C(C(=O)Nc1ccccc1OCC)=C(C)N2. The van der Waals surface area contributed by atoms with Crippen molar-refractivity contribution in [2.45, 2.75) is 58.7 Å². The van der Waals surface area contributed by atoms with E-state index < -0.39 is 6.04 Å². The summed E-state index contributed by atoms with van der Waals surface area (Å²) in [5.41, 5.74) is 2.83. The zero-order valence-electron chi connectivity index (χ0n) is 22.8. The number of carbonyl (C=O) groups is 1. The Hall–Kier alpha value is -3.46. The summed E-state index contributed by atoms with van der Waals surface area (Å²) in [7, 11) is 0. The third kappa shape index (κ3) is 6.51. The van der Waals surface area contributed by atoms with Crippen LogP contribution >= 0.6 is 11.8 Å². The minimum absolute atomic E-state index is 0.228. The lowest BCUT2D eigenvalue weighted by Gasteiger charge is -2.29. The first-order valence-corrected chi connectivity index (χ1v) is 14.2. The van der Waals surface area contributed by atoms with E-state index in [0.29, 0.717) is 47.2 Å². The Morgan fingerprint density at radius 2 is 1.89 bits per heavy atom. The van der Waals surface area contributed by atoms with Crippen LogP contribution in [0.25, 0.3) is 0 Å². The summed E-state index contributed by atoms with van der Waals surface area (Å²) < 4.78 is 13.5. The van der Waals surface area contributed by atoms with E-state index in [4.69, 9.17) is 19.6 Å². The molecule has 0 fully saturated rings. The van der Waals surface area contributed by atoms with Gasteiger partial charge in [0, 0.05) is 11.4 Å². The van der Waals surface area contributed by atoms with Gasteiger partial charge in [-0.15, -0.1) is 5.10 Å². The molecule has 38 heavy (non-hydrogen) atoms. The Bertz CT molecular complexity index is 1270. The van der Waals surface area contributed by atoms with Crippen molar-refractivity contribution in [2.24, 2.45) is 5.92 Å². The van der Waals surface area contributed by atoms with E-state index >= 15 is 0 Å². The summed E-state index contributed by atoms with van der Waals surface area (Å²) in [4.78, 5) is 18.5. The Morgan fingerprint density at radius 3 is 2.61 bits per heavy atom. The predicted octanol–water partition coefficient (Wildman–Crippen LogP) is 6.53. The van der Waals surface area contributed by atoms with Gasteiger partial charge in [-0.2, -0.15) is 4.98 Å². The molecule has 0 saturated heterocycles. The first kappa shape index (κ1) is 27.6. The van der Waals surface area contributed by atoms with Crippen LogP contribution in [0.4, 0.5) is 11.6 Å². The molecule has 0 radical (unpaired) electrons. The third-order valence-corrected chi connectivity index (χ3v) is 7.15. The number of amides is 1. The maximum absolute atomic E-state index is 13.8. The van der Waals surface area contributed by atoms with E-state index in [2.05, 4.69) is 31.4 Å². The summed E-state index contributed by atoms with van der Waals surface area (Å²) >= 11 is 1.61. The number of aromatic nitrogens is 3. The standard InChI is InChI=1S/C29H37N5O3S/c1-6-18-38-29-32-28-30-20(5)25(27(35)31-23-10-8-9-11-24(23)36-7-2)26(34(28)33-29)21-12-14-22(15-13-21)37-17-16-19(3)4/h8-15,19,26H,6-7,16-18H2,1-5H3,(H,31,35)(H,30,32,33). The average molecular weight is 536 g/mol. The highest BCUT2D eigenvalue weighted by Crippen LogP contribution is 2.38. The van der Waals surface area contributed by atoms with Gasteiger partial charge in [-0.05, 0) is 62.4 Å². The molecular formula is C29H37N5O3S. The van der Waals surface area contributed by atoms with Gasteiger partial charge in [0.05, 0.1) is 24.5 Å². The average Bonchev–Trinajstić information content (AvgIpc) is 3.30. The fraction of sp³-hybridized carbons (Fsp3) is 0.414. The number of hydrogen-bond acceptors (Lipinski definition) is 7. The molecule has 2 N–H and O–H groups in total. The molecule has 3 aromatic rings. The second-order valence-corrected chi connectivity index (χ2v) is 10.6. The van der Waals surface area contributed by atoms with E-state index in [1.54, 1.807) is 11.8 Å². The summed E-state index contributed by atoms with van der Waals surface area (Å²) in [5.74, 6) is 3.33. The highest BCUT2D eigenvalue weighted by Gasteiger charge is 2.34. The third-order valence-electron chi connectivity index (χ3n) is 6.11. The number of nitrogens with one attached hydrogen (secondary N) is 2. The van der Waals surface area contributed by atoms with E-state index in [0.717, 1.165) is 35.6 Å². The molecule has 1 aliphatic rings. The minimum atomic E-state index is -0.460. The van der Waals surface area contributed by atoms with Gasteiger partial charge in [0.1, 0.15) is 17.5 Å². The molecule has 202 valence electrons. The lowest BCUT2D eigenvalue weighted by Crippen LogP contribution is -2.31. The van der Waals surface area contributed by atoms with Gasteiger partial charge < -0.3 is 20.1 Å². The van der Waals surface area contributed by atoms with Gasteiger partial charge in [0.15, 0.2) is 0 Å². The number of anilines is 2. The normalized spacial score (nSPS) is 14.7. The maximum Gasteiger partial charge on any atom is 0.255 e. The molecule has 0 aliphatic carbocycles. The monoisotopic (exact) mass is 535 g/mol. The van der Waals surface area contributed by atoms with Crippen LogP contribution < -0.4 is 20.1 Å². The molecule has 0 saturated carbocycles. The minimum Gasteiger partial charge on any atom is -0.494 e. The van der Waals surface area contributed by atoms with Crippen molar-refractivity contribution in [1.82, 2.24) is 14.8 Å². The number of fused-ring (bicyclic) bond motifs is 1. The zero-order chi connectivity index (χ0) is 27.1. The number of ether oxygens (including phenoxy) is 2. The summed E-state index contributed by atoms with van der Waals surface area (Å²) in [6, 6.07) is 14.9. The quantitative estimate of drug-likeness (QED) is 0.255. The van der Waals surface area contributed by atoms with Crippen molar-refractivity contribution in [3.8, 4) is 11.5 Å². The van der Waals surface area contributed by atoms with Crippen molar-refractivity contribution >= 4 is 29.3 Å². The fourth-order valence-corrected chi connectivity index (χ4v) is 4.87. The predicted molar refractivity (Wildman–Crippen MR) is 153 cm³/mol. The van der Waals surface area contributed by atoms with Gasteiger partial charge in [-0.25, -0.2) is 4.68 Å². The number of allylic oxidation sites excluding steroid dienone is 1. The van der Waals surface area contributed by atoms with Gasteiger partial charge in [-0.1, -0.05) is 56.8 Å². The van der Waals surface area contributed by atoms with Gasteiger partial charge in [-0.3, -0.25) is 4.79 Å². The molecule has 9 heteroatoms. The molecule has 4 rings (SSSR count). The van der Waals surface area contributed by atoms with E-state index in [-0.39, 0.29) is 5.91 Å². The van der Waals surface area contributed by atoms with Crippen LogP contribution in [0.3, 0.4) is 0 Å². The molecule has 2 heterocycles. The molecule has 0 bridgehead atoms. The second kappa shape index (κ2) is 12.9. The molecule has 2 aromatic carbocycles. The molecule has 1 amide bonds. The lowest BCUT2D eigenvalue weighted by atomic mass is 9.95. The van der Waals surface area contributed by atoms with Crippen LogP contribution in [0.15, 0.2) is 65.0 Å². The number of thioether (sulfide) groups is 1. The van der Waals surface area contributed by atoms with Crippen LogP contribution in [0.2, 0.25) is 0 Å². The first-order chi connectivity index (χ1) is 18.4. The molecular weight excluding hydrogens is 498 g/mol. The van der Waals surface area contributed by atoms with Crippen LogP contribution in [0.1, 0.15) is 59.1 Å². The fourth-order valence-electron chi connectivity index (χ4n) is 4.19. The number of benzene rings is 2. The Morgan fingerprint density at radius 1 is 1.13 bits per heavy atom. The van der Waals surface area contributed by atoms with Crippen molar-refractivity contribution < 1.29 is 14.3 Å². The van der Waals surface area contributed by atoms with Crippen molar-refractivity contribution in [2.75, 3.05) is 29.6 Å². The smallest absolute Gasteiger partial charge is 0.255 e. The lowest BCUT2D eigenvalue weighted by molar-refractivity contribution is -0.113. The number of hydrogen-bond donors (Lipinski definition) is 2. The number of nitrogens with zero attached hydrogens (tertiary/aromatic N) is 3. The molecule has 1 atom stereocenters. The molecule has 1 aromatic heterocycles. The first-order valence-electron chi connectivity index (χ1n) is 13.2. The van der Waals surface area contributed by atoms with Crippen LogP contribution in [0.5, 0.6) is 11.5 Å². The molecule has 8 nitrogen and oxygen atoms in total. The molecule has 1 unspecified atom stereocenters. The molecule has 1 aliphatic heterocycles. The number of rotatable bonds is 12. The molecule has 0 spiro atoms. The van der Waals surface area contributed by atoms with Crippen LogP contribution in [-0.2, 0) is 4.79 Å². The largest absolute Gasteiger partial charge is 0.494 e. The van der Waals surface area contributed by atoms with E-state index in [1.165, 1.54) is 0 Å². The summed E-state index contributed by atoms with van der Waals surface area (Å²) in [5, 5.41) is 11.8. The van der Waals surface area contributed by atoms with Crippen molar-refractivity contribution in [3.05, 3.63) is 65.4 Å². The van der Waals surface area contributed by atoms with Gasteiger partial charge in [0.2, 0.25) is 11.1 Å². The zero-order valence-corrected chi connectivity index (χ0v) is 23.6. The Kier molecular flexibility index (Phi) is 9.33. The summed E-state index contributed by atoms with van der Waals surface area (Å²) in [6.07, 6.45) is 2.01. The topological polar surface area (TPSA) is 90.3 Å². The van der Waals surface area contributed by atoms with Crippen LogP contribution in [0, 0.1) is 5.92 Å². The Labute approximate surface area is 229 Å². The summed E-state index contributed by atoms with van der Waals surface area (Å²) in [6.45, 7) is 11.5. The Balaban J connectivity index is 1.68. The maximum atomic E-state index is 13.8. The van der Waals surface area contributed by atoms with Crippen molar-refractivity contribution in [3.63, 3.8) is 0 Å². The number of carbonyl (C=O) groups excluding carboxylic acids is 1. The van der Waals surface area contributed by atoms with Gasteiger partial charge >= 0.3 is 0 Å². The number of para-hydroxylation sites is 2. The van der Waals surface area contributed by atoms with Crippen LogP contribution in [-0.4, -0.2) is 39.6 Å². The second-order valence-electron chi connectivity index (χ2n) is 9.56. The highest BCUT2D eigenvalue weighted by atomic mass is 32.2.